The Labute approximate surface area is 174 Å². The third-order valence-electron chi connectivity index (χ3n) is 5.28. The monoisotopic (exact) mass is 394 g/mol. The Balaban J connectivity index is 1.55. The fourth-order valence-corrected chi connectivity index (χ4v) is 3.48. The zero-order valence-corrected chi connectivity index (χ0v) is 16.9. The Bertz CT molecular complexity index is 1340. The van der Waals surface area contributed by atoms with Crippen LogP contribution in [-0.4, -0.2) is 25.1 Å². The highest BCUT2D eigenvalue weighted by Crippen LogP contribution is 2.32. The summed E-state index contributed by atoms with van der Waals surface area (Å²) in [5.74, 6) is 0.351. The SMILES string of the molecule is C=C(Nc1cncc(-c2ccc3[nH]nc(-c4cc5cccnc5[nH]4)c3c2)c1)C(C)C. The number of nitrogens with zero attached hydrogens (tertiary/aromatic N) is 3. The summed E-state index contributed by atoms with van der Waals surface area (Å²) < 4.78 is 0. The molecule has 6 heteroatoms. The summed E-state index contributed by atoms with van der Waals surface area (Å²) >= 11 is 0. The summed E-state index contributed by atoms with van der Waals surface area (Å²) in [6.45, 7) is 8.31. The minimum atomic E-state index is 0.351. The average Bonchev–Trinajstić information content (AvgIpc) is 3.37. The van der Waals surface area contributed by atoms with Gasteiger partial charge in [0.1, 0.15) is 11.3 Å². The second-order valence-electron chi connectivity index (χ2n) is 7.72. The summed E-state index contributed by atoms with van der Waals surface area (Å²) in [7, 11) is 0. The van der Waals surface area contributed by atoms with E-state index in [1.54, 1.807) is 6.20 Å². The Morgan fingerprint density at radius 1 is 1.07 bits per heavy atom. The zero-order chi connectivity index (χ0) is 20.7. The number of allylic oxidation sites excluding steroid dienone is 1. The molecule has 1 aromatic carbocycles. The Kier molecular flexibility index (Phi) is 4.32. The van der Waals surface area contributed by atoms with E-state index in [0.29, 0.717) is 5.92 Å². The molecule has 0 saturated heterocycles. The van der Waals surface area contributed by atoms with E-state index in [9.17, 15) is 0 Å². The van der Waals surface area contributed by atoms with Gasteiger partial charge in [-0.3, -0.25) is 10.1 Å². The molecule has 0 aliphatic carbocycles. The maximum Gasteiger partial charge on any atom is 0.137 e. The fourth-order valence-electron chi connectivity index (χ4n) is 3.48. The van der Waals surface area contributed by atoms with Crippen molar-refractivity contribution in [2.45, 2.75) is 13.8 Å². The van der Waals surface area contributed by atoms with E-state index in [1.807, 2.05) is 24.5 Å². The number of rotatable bonds is 5. The molecule has 0 aliphatic rings. The highest BCUT2D eigenvalue weighted by atomic mass is 15.1. The number of fused-ring (bicyclic) bond motifs is 2. The maximum atomic E-state index is 4.55. The van der Waals surface area contributed by atoms with Gasteiger partial charge in [0.2, 0.25) is 0 Å². The van der Waals surface area contributed by atoms with Crippen LogP contribution in [0.1, 0.15) is 13.8 Å². The number of nitrogens with one attached hydrogen (secondary N) is 3. The highest BCUT2D eigenvalue weighted by Gasteiger charge is 2.13. The van der Waals surface area contributed by atoms with E-state index in [0.717, 1.165) is 55.8 Å². The summed E-state index contributed by atoms with van der Waals surface area (Å²) in [4.78, 5) is 12.2. The first-order chi connectivity index (χ1) is 14.6. The third-order valence-corrected chi connectivity index (χ3v) is 5.28. The molecule has 0 saturated carbocycles. The number of hydrogen-bond acceptors (Lipinski definition) is 4. The molecule has 0 amide bonds. The molecule has 0 spiro atoms. The Morgan fingerprint density at radius 3 is 2.80 bits per heavy atom. The Morgan fingerprint density at radius 2 is 1.97 bits per heavy atom. The number of aromatic nitrogens is 5. The first-order valence-electron chi connectivity index (χ1n) is 9.92. The van der Waals surface area contributed by atoms with Crippen molar-refractivity contribution in [2.24, 2.45) is 5.92 Å². The minimum Gasteiger partial charge on any atom is -0.358 e. The zero-order valence-electron chi connectivity index (χ0n) is 16.9. The molecule has 0 fully saturated rings. The number of benzene rings is 1. The molecule has 30 heavy (non-hydrogen) atoms. The first kappa shape index (κ1) is 18.1. The number of aromatic amines is 2. The second kappa shape index (κ2) is 7.15. The van der Waals surface area contributed by atoms with Crippen molar-refractivity contribution < 1.29 is 0 Å². The summed E-state index contributed by atoms with van der Waals surface area (Å²) in [6.07, 6.45) is 5.47. The van der Waals surface area contributed by atoms with Crippen LogP contribution in [-0.2, 0) is 0 Å². The molecular formula is C24H22N6. The van der Waals surface area contributed by atoms with Gasteiger partial charge in [0.05, 0.1) is 23.1 Å². The van der Waals surface area contributed by atoms with Crippen LogP contribution < -0.4 is 5.32 Å². The number of pyridine rings is 2. The maximum absolute atomic E-state index is 4.55. The molecule has 0 atom stereocenters. The number of hydrogen-bond donors (Lipinski definition) is 3. The van der Waals surface area contributed by atoms with Gasteiger partial charge in [0.15, 0.2) is 0 Å². The normalized spacial score (nSPS) is 11.4. The molecule has 0 unspecified atom stereocenters. The average molecular weight is 394 g/mol. The van der Waals surface area contributed by atoms with Crippen molar-refractivity contribution in [1.29, 1.82) is 0 Å². The van der Waals surface area contributed by atoms with Crippen molar-refractivity contribution in [1.82, 2.24) is 25.1 Å². The van der Waals surface area contributed by atoms with Gasteiger partial charge in [0.25, 0.3) is 0 Å². The number of anilines is 1. The van der Waals surface area contributed by atoms with Gasteiger partial charge >= 0.3 is 0 Å². The van der Waals surface area contributed by atoms with Gasteiger partial charge in [-0.05, 0) is 47.9 Å². The van der Waals surface area contributed by atoms with Gasteiger partial charge in [0, 0.05) is 34.4 Å². The van der Waals surface area contributed by atoms with Gasteiger partial charge in [-0.2, -0.15) is 5.10 Å². The topological polar surface area (TPSA) is 82.3 Å². The van der Waals surface area contributed by atoms with Crippen LogP contribution in [0.25, 0.3) is 44.5 Å². The molecule has 0 bridgehead atoms. The van der Waals surface area contributed by atoms with E-state index in [-0.39, 0.29) is 0 Å². The van der Waals surface area contributed by atoms with Crippen molar-refractivity contribution in [3.05, 3.63) is 73.3 Å². The van der Waals surface area contributed by atoms with E-state index in [1.165, 1.54) is 0 Å². The molecule has 5 rings (SSSR count). The van der Waals surface area contributed by atoms with Crippen LogP contribution in [0.15, 0.2) is 73.3 Å². The fraction of sp³-hybridized carbons (Fsp3) is 0.125. The molecule has 6 nitrogen and oxygen atoms in total. The van der Waals surface area contributed by atoms with E-state index in [2.05, 4.69) is 81.2 Å². The molecule has 0 radical (unpaired) electrons. The molecule has 5 aromatic rings. The lowest BCUT2D eigenvalue weighted by atomic mass is 10.0. The van der Waals surface area contributed by atoms with Crippen molar-refractivity contribution in [2.75, 3.05) is 5.32 Å². The van der Waals surface area contributed by atoms with Gasteiger partial charge in [-0.1, -0.05) is 26.5 Å². The summed E-state index contributed by atoms with van der Waals surface area (Å²) in [5.41, 5.74) is 7.65. The quantitative estimate of drug-likeness (QED) is 0.354. The van der Waals surface area contributed by atoms with Gasteiger partial charge < -0.3 is 10.3 Å². The van der Waals surface area contributed by atoms with Crippen LogP contribution in [0.5, 0.6) is 0 Å². The molecular weight excluding hydrogens is 372 g/mol. The van der Waals surface area contributed by atoms with Crippen LogP contribution in [0.3, 0.4) is 0 Å². The summed E-state index contributed by atoms with van der Waals surface area (Å²) in [5, 5.41) is 13.1. The van der Waals surface area contributed by atoms with Crippen LogP contribution in [0, 0.1) is 5.92 Å². The van der Waals surface area contributed by atoms with E-state index < -0.39 is 0 Å². The molecule has 3 N–H and O–H groups in total. The van der Waals surface area contributed by atoms with Crippen molar-refractivity contribution in [3.8, 4) is 22.5 Å². The minimum absolute atomic E-state index is 0.351. The summed E-state index contributed by atoms with van der Waals surface area (Å²) in [6, 6.07) is 14.4. The third kappa shape index (κ3) is 3.22. The molecule has 4 heterocycles. The van der Waals surface area contributed by atoms with Gasteiger partial charge in [-0.25, -0.2) is 4.98 Å². The largest absolute Gasteiger partial charge is 0.358 e. The second-order valence-corrected chi connectivity index (χ2v) is 7.72. The smallest absolute Gasteiger partial charge is 0.137 e. The van der Waals surface area contributed by atoms with Crippen molar-refractivity contribution >= 4 is 27.6 Å². The van der Waals surface area contributed by atoms with Crippen LogP contribution >= 0.6 is 0 Å². The molecule has 4 aromatic heterocycles. The predicted molar refractivity (Wildman–Crippen MR) is 122 cm³/mol. The standard InChI is InChI=1S/C24H22N6/c1-14(2)15(3)27-19-9-18(12-25-13-19)16-6-7-21-20(10-16)23(30-29-21)22-11-17-5-4-8-26-24(17)28-22/h4-14,27H,3H2,1-2H3,(H,26,28)(H,29,30). The predicted octanol–water partition coefficient (Wildman–Crippen LogP) is 5.75. The Hall–Kier alpha value is -3.93. The van der Waals surface area contributed by atoms with Crippen LogP contribution in [0.2, 0.25) is 0 Å². The lowest BCUT2D eigenvalue weighted by Crippen LogP contribution is -2.04. The van der Waals surface area contributed by atoms with Crippen LogP contribution in [0.4, 0.5) is 5.69 Å². The first-order valence-corrected chi connectivity index (χ1v) is 9.92. The van der Waals surface area contributed by atoms with E-state index >= 15 is 0 Å². The van der Waals surface area contributed by atoms with E-state index in [4.69, 9.17) is 0 Å². The lowest BCUT2D eigenvalue weighted by Gasteiger charge is -2.13. The molecule has 0 aliphatic heterocycles. The number of H-pyrrole nitrogens is 2. The van der Waals surface area contributed by atoms with Gasteiger partial charge in [-0.15, -0.1) is 0 Å². The highest BCUT2D eigenvalue weighted by molar-refractivity contribution is 5.97. The molecule has 148 valence electrons. The lowest BCUT2D eigenvalue weighted by molar-refractivity contribution is 0.778. The van der Waals surface area contributed by atoms with Crippen molar-refractivity contribution in [3.63, 3.8) is 0 Å².